The maximum atomic E-state index is 12.2. The van der Waals surface area contributed by atoms with E-state index in [2.05, 4.69) is 5.32 Å². The van der Waals surface area contributed by atoms with E-state index in [4.69, 9.17) is 4.42 Å². The minimum atomic E-state index is -0.185. The molecule has 0 aliphatic carbocycles. The summed E-state index contributed by atoms with van der Waals surface area (Å²) in [5.74, 6) is 1.00. The molecule has 18 heavy (non-hydrogen) atoms. The second-order valence-electron chi connectivity index (χ2n) is 4.62. The third-order valence-electron chi connectivity index (χ3n) is 2.87. The Morgan fingerprint density at radius 1 is 1.33 bits per heavy atom. The fourth-order valence-electron chi connectivity index (χ4n) is 2.01. The van der Waals surface area contributed by atoms with Crippen molar-refractivity contribution in [2.45, 2.75) is 26.4 Å². The van der Waals surface area contributed by atoms with Crippen LogP contribution >= 0.6 is 0 Å². The number of aromatic nitrogens is 1. The van der Waals surface area contributed by atoms with Crippen molar-refractivity contribution in [2.24, 2.45) is 5.92 Å². The molecule has 2 aromatic rings. The van der Waals surface area contributed by atoms with E-state index in [1.54, 1.807) is 6.26 Å². The molecule has 0 radical (unpaired) electrons. The van der Waals surface area contributed by atoms with Crippen molar-refractivity contribution in [3.8, 4) is 0 Å². The Morgan fingerprint density at radius 3 is 2.61 bits per heavy atom. The third kappa shape index (κ3) is 2.83. The van der Waals surface area contributed by atoms with Crippen LogP contribution in [0.4, 0.5) is 0 Å². The first kappa shape index (κ1) is 12.5. The lowest BCUT2D eigenvalue weighted by atomic mass is 10.0. The molecule has 0 spiro atoms. The number of furan rings is 1. The van der Waals surface area contributed by atoms with Crippen LogP contribution in [0.3, 0.4) is 0 Å². The molecular weight excluding hydrogens is 228 g/mol. The maximum absolute atomic E-state index is 12.2. The zero-order valence-electron chi connectivity index (χ0n) is 10.7. The van der Waals surface area contributed by atoms with Crippen molar-refractivity contribution >= 4 is 5.91 Å². The Bertz CT molecular complexity index is 472. The topological polar surface area (TPSA) is 47.2 Å². The van der Waals surface area contributed by atoms with Crippen LogP contribution in [-0.2, 0) is 11.3 Å². The van der Waals surface area contributed by atoms with E-state index in [0.29, 0.717) is 6.54 Å². The molecule has 1 atom stereocenters. The van der Waals surface area contributed by atoms with Gasteiger partial charge >= 0.3 is 0 Å². The smallest absolute Gasteiger partial charge is 0.243 e. The summed E-state index contributed by atoms with van der Waals surface area (Å²) in [6.07, 6.45) is 5.43. The molecule has 1 N–H and O–H groups in total. The van der Waals surface area contributed by atoms with E-state index in [1.165, 1.54) is 0 Å². The standard InChI is InChI=1S/C14H18N2O2/c1-11(2)13(16-7-3-4-8-16)14(17)15-10-12-6-5-9-18-12/h3-9,11,13H,10H2,1-2H3,(H,15,17)/t13-/m0/s1. The summed E-state index contributed by atoms with van der Waals surface area (Å²) >= 11 is 0. The molecule has 4 heteroatoms. The van der Waals surface area contributed by atoms with Crippen LogP contribution in [0.25, 0.3) is 0 Å². The summed E-state index contributed by atoms with van der Waals surface area (Å²) in [6.45, 7) is 4.50. The van der Waals surface area contributed by atoms with Gasteiger partial charge < -0.3 is 14.3 Å². The Hall–Kier alpha value is -1.97. The molecule has 0 aliphatic rings. The van der Waals surface area contributed by atoms with Crippen LogP contribution in [0, 0.1) is 5.92 Å². The first-order valence-corrected chi connectivity index (χ1v) is 6.11. The molecular formula is C14H18N2O2. The summed E-state index contributed by atoms with van der Waals surface area (Å²) in [4.78, 5) is 12.2. The Kier molecular flexibility index (Phi) is 3.87. The average Bonchev–Trinajstić information content (AvgIpc) is 2.99. The molecule has 0 unspecified atom stereocenters. The van der Waals surface area contributed by atoms with Crippen LogP contribution in [0.15, 0.2) is 47.3 Å². The number of nitrogens with zero attached hydrogens (tertiary/aromatic N) is 1. The van der Waals surface area contributed by atoms with E-state index >= 15 is 0 Å². The van der Waals surface area contributed by atoms with Gasteiger partial charge in [0, 0.05) is 12.4 Å². The molecule has 4 nitrogen and oxygen atoms in total. The summed E-state index contributed by atoms with van der Waals surface area (Å²) < 4.78 is 7.13. The minimum Gasteiger partial charge on any atom is -0.467 e. The van der Waals surface area contributed by atoms with Crippen molar-refractivity contribution < 1.29 is 9.21 Å². The van der Waals surface area contributed by atoms with E-state index in [0.717, 1.165) is 5.76 Å². The molecule has 0 saturated carbocycles. The predicted octanol–water partition coefficient (Wildman–Crippen LogP) is 2.59. The number of nitrogens with one attached hydrogen (secondary N) is 1. The lowest BCUT2D eigenvalue weighted by Gasteiger charge is -2.21. The summed E-state index contributed by atoms with van der Waals surface area (Å²) in [5.41, 5.74) is 0. The van der Waals surface area contributed by atoms with Gasteiger partial charge in [-0.15, -0.1) is 0 Å². The first-order valence-electron chi connectivity index (χ1n) is 6.11. The predicted molar refractivity (Wildman–Crippen MR) is 68.9 cm³/mol. The van der Waals surface area contributed by atoms with Crippen LogP contribution < -0.4 is 5.32 Å². The van der Waals surface area contributed by atoms with Gasteiger partial charge in [0.15, 0.2) is 0 Å². The average molecular weight is 246 g/mol. The minimum absolute atomic E-state index is 0.0117. The molecule has 96 valence electrons. The number of hydrogen-bond donors (Lipinski definition) is 1. The molecule has 0 saturated heterocycles. The van der Waals surface area contributed by atoms with Gasteiger partial charge in [0.25, 0.3) is 0 Å². The quantitative estimate of drug-likeness (QED) is 0.881. The number of hydrogen-bond acceptors (Lipinski definition) is 2. The monoisotopic (exact) mass is 246 g/mol. The third-order valence-corrected chi connectivity index (χ3v) is 2.87. The van der Waals surface area contributed by atoms with Gasteiger partial charge in [-0.2, -0.15) is 0 Å². The molecule has 0 aliphatic heterocycles. The van der Waals surface area contributed by atoms with Crippen molar-refractivity contribution in [1.82, 2.24) is 9.88 Å². The molecule has 0 aromatic carbocycles. The summed E-state index contributed by atoms with van der Waals surface area (Å²) in [7, 11) is 0. The second kappa shape index (κ2) is 5.58. The molecule has 0 bridgehead atoms. The van der Waals surface area contributed by atoms with Gasteiger partial charge in [-0.05, 0) is 30.2 Å². The fraction of sp³-hybridized carbons (Fsp3) is 0.357. The van der Waals surface area contributed by atoms with Gasteiger partial charge in [-0.25, -0.2) is 0 Å². The van der Waals surface area contributed by atoms with Crippen molar-refractivity contribution in [3.05, 3.63) is 48.7 Å². The second-order valence-corrected chi connectivity index (χ2v) is 4.62. The van der Waals surface area contributed by atoms with Crippen molar-refractivity contribution in [3.63, 3.8) is 0 Å². The lowest BCUT2D eigenvalue weighted by molar-refractivity contribution is -0.125. The molecule has 0 fully saturated rings. The zero-order chi connectivity index (χ0) is 13.0. The number of rotatable bonds is 5. The van der Waals surface area contributed by atoms with Crippen molar-refractivity contribution in [2.75, 3.05) is 0 Å². The van der Waals surface area contributed by atoms with Crippen LogP contribution in [0.2, 0.25) is 0 Å². The Balaban J connectivity index is 2.01. The number of carbonyl (C=O) groups is 1. The fourth-order valence-corrected chi connectivity index (χ4v) is 2.01. The Morgan fingerprint density at radius 2 is 2.06 bits per heavy atom. The number of carbonyl (C=O) groups excluding carboxylic acids is 1. The van der Waals surface area contributed by atoms with Crippen LogP contribution in [0.1, 0.15) is 25.6 Å². The van der Waals surface area contributed by atoms with Crippen molar-refractivity contribution in [1.29, 1.82) is 0 Å². The van der Waals surface area contributed by atoms with Crippen LogP contribution in [0.5, 0.6) is 0 Å². The molecule has 2 heterocycles. The van der Waals surface area contributed by atoms with Crippen LogP contribution in [-0.4, -0.2) is 10.5 Å². The largest absolute Gasteiger partial charge is 0.467 e. The highest BCUT2D eigenvalue weighted by Gasteiger charge is 2.22. The van der Waals surface area contributed by atoms with Gasteiger partial charge in [-0.3, -0.25) is 4.79 Å². The van der Waals surface area contributed by atoms with E-state index in [9.17, 15) is 4.79 Å². The molecule has 1 amide bonds. The van der Waals surface area contributed by atoms with Gasteiger partial charge in [0.2, 0.25) is 5.91 Å². The normalized spacial score (nSPS) is 12.6. The highest BCUT2D eigenvalue weighted by atomic mass is 16.3. The zero-order valence-corrected chi connectivity index (χ0v) is 10.7. The SMILES string of the molecule is CC(C)[C@@H](C(=O)NCc1ccco1)n1cccc1. The Labute approximate surface area is 107 Å². The lowest BCUT2D eigenvalue weighted by Crippen LogP contribution is -2.34. The summed E-state index contributed by atoms with van der Waals surface area (Å²) in [6, 6.07) is 7.33. The first-order chi connectivity index (χ1) is 8.68. The van der Waals surface area contributed by atoms with E-state index < -0.39 is 0 Å². The van der Waals surface area contributed by atoms with Gasteiger partial charge in [0.05, 0.1) is 12.8 Å². The number of amides is 1. The molecule has 2 aromatic heterocycles. The van der Waals surface area contributed by atoms with Gasteiger partial charge in [0.1, 0.15) is 11.8 Å². The summed E-state index contributed by atoms with van der Waals surface area (Å²) in [5, 5.41) is 2.90. The highest BCUT2D eigenvalue weighted by Crippen LogP contribution is 2.18. The van der Waals surface area contributed by atoms with E-state index in [-0.39, 0.29) is 17.9 Å². The maximum Gasteiger partial charge on any atom is 0.243 e. The van der Waals surface area contributed by atoms with Gasteiger partial charge in [-0.1, -0.05) is 13.8 Å². The molecule has 2 rings (SSSR count). The highest BCUT2D eigenvalue weighted by molar-refractivity contribution is 5.80. The van der Waals surface area contributed by atoms with E-state index in [1.807, 2.05) is 55.1 Å².